The minimum absolute atomic E-state index is 0.222. The molecule has 0 unspecified atom stereocenters. The molecule has 0 saturated carbocycles. The van der Waals surface area contributed by atoms with Gasteiger partial charge in [0.05, 0.1) is 6.21 Å². The first-order valence-electron chi connectivity index (χ1n) is 7.98. The van der Waals surface area contributed by atoms with E-state index in [1.54, 1.807) is 25.3 Å². The SMILES string of the molecule is Cc1ccc(C(=O)N/N=C/c2ccccc2OCc2ccc(Br)cc2)o1. The van der Waals surface area contributed by atoms with Gasteiger partial charge in [-0.05, 0) is 48.9 Å². The predicted molar refractivity (Wildman–Crippen MR) is 103 cm³/mol. The first-order valence-corrected chi connectivity index (χ1v) is 8.77. The zero-order chi connectivity index (χ0) is 18.4. The number of carbonyl (C=O) groups excluding carboxylic acids is 1. The average Bonchev–Trinajstić information content (AvgIpc) is 3.09. The monoisotopic (exact) mass is 412 g/mol. The summed E-state index contributed by atoms with van der Waals surface area (Å²) in [5.74, 6) is 1.18. The molecule has 1 N–H and O–H groups in total. The minimum Gasteiger partial charge on any atom is -0.488 e. The molecule has 0 bridgehead atoms. The van der Waals surface area contributed by atoms with Crippen molar-refractivity contribution < 1.29 is 13.9 Å². The Morgan fingerprint density at radius 1 is 1.15 bits per heavy atom. The van der Waals surface area contributed by atoms with Gasteiger partial charge in [0.1, 0.15) is 18.1 Å². The molecule has 3 rings (SSSR count). The highest BCUT2D eigenvalue weighted by Crippen LogP contribution is 2.18. The van der Waals surface area contributed by atoms with E-state index in [0.29, 0.717) is 18.1 Å². The summed E-state index contributed by atoms with van der Waals surface area (Å²) in [7, 11) is 0. The lowest BCUT2D eigenvalue weighted by Gasteiger charge is -2.09. The molecule has 0 aliphatic carbocycles. The van der Waals surface area contributed by atoms with Crippen LogP contribution in [-0.4, -0.2) is 12.1 Å². The highest BCUT2D eigenvalue weighted by molar-refractivity contribution is 9.10. The second kappa shape index (κ2) is 8.49. The molecule has 0 aliphatic rings. The zero-order valence-electron chi connectivity index (χ0n) is 14.1. The number of carbonyl (C=O) groups is 1. The Morgan fingerprint density at radius 3 is 2.65 bits per heavy atom. The lowest BCUT2D eigenvalue weighted by Crippen LogP contribution is -2.16. The van der Waals surface area contributed by atoms with Gasteiger partial charge in [0, 0.05) is 10.0 Å². The Hall–Kier alpha value is -2.86. The van der Waals surface area contributed by atoms with Crippen LogP contribution in [-0.2, 0) is 6.61 Å². The summed E-state index contributed by atoms with van der Waals surface area (Å²) in [6.45, 7) is 2.22. The Labute approximate surface area is 159 Å². The number of hydrogen-bond donors (Lipinski definition) is 1. The summed E-state index contributed by atoms with van der Waals surface area (Å²) >= 11 is 3.41. The highest BCUT2D eigenvalue weighted by Gasteiger charge is 2.08. The number of halogens is 1. The van der Waals surface area contributed by atoms with Crippen LogP contribution in [0, 0.1) is 6.92 Å². The predicted octanol–water partition coefficient (Wildman–Crippen LogP) is 4.69. The maximum atomic E-state index is 11.9. The topological polar surface area (TPSA) is 63.8 Å². The van der Waals surface area contributed by atoms with Gasteiger partial charge in [-0.25, -0.2) is 5.43 Å². The third-order valence-corrected chi connectivity index (χ3v) is 4.09. The third kappa shape index (κ3) is 4.83. The Balaban J connectivity index is 1.63. The van der Waals surface area contributed by atoms with Crippen molar-refractivity contribution in [3.8, 4) is 5.75 Å². The van der Waals surface area contributed by atoms with Crippen LogP contribution in [0.5, 0.6) is 5.75 Å². The van der Waals surface area contributed by atoms with Crippen molar-refractivity contribution in [2.24, 2.45) is 5.10 Å². The first kappa shape index (κ1) is 17.9. The summed E-state index contributed by atoms with van der Waals surface area (Å²) in [5, 5.41) is 3.98. The largest absolute Gasteiger partial charge is 0.488 e. The van der Waals surface area contributed by atoms with Gasteiger partial charge in [0.15, 0.2) is 5.76 Å². The second-order valence-electron chi connectivity index (χ2n) is 5.56. The maximum absolute atomic E-state index is 11.9. The van der Waals surface area contributed by atoms with Crippen molar-refractivity contribution in [2.45, 2.75) is 13.5 Å². The molecule has 0 spiro atoms. The molecule has 5 nitrogen and oxygen atoms in total. The van der Waals surface area contributed by atoms with Crippen LogP contribution in [0.3, 0.4) is 0 Å². The van der Waals surface area contributed by atoms with Gasteiger partial charge in [-0.15, -0.1) is 0 Å². The van der Waals surface area contributed by atoms with E-state index in [1.165, 1.54) is 0 Å². The fraction of sp³-hybridized carbons (Fsp3) is 0.100. The van der Waals surface area contributed by atoms with Crippen LogP contribution in [0.15, 0.2) is 74.7 Å². The number of hydrogen-bond acceptors (Lipinski definition) is 4. The van der Waals surface area contributed by atoms with E-state index in [-0.39, 0.29) is 5.76 Å². The number of ether oxygens (including phenoxy) is 1. The fourth-order valence-corrected chi connectivity index (χ4v) is 2.50. The third-order valence-electron chi connectivity index (χ3n) is 3.56. The molecule has 0 atom stereocenters. The van der Waals surface area contributed by atoms with E-state index in [4.69, 9.17) is 9.15 Å². The molecule has 1 heterocycles. The first-order chi connectivity index (χ1) is 12.6. The van der Waals surface area contributed by atoms with Crippen molar-refractivity contribution in [3.63, 3.8) is 0 Å². The van der Waals surface area contributed by atoms with E-state index in [2.05, 4.69) is 26.5 Å². The Kier molecular flexibility index (Phi) is 5.86. The quantitative estimate of drug-likeness (QED) is 0.471. The normalized spacial score (nSPS) is 10.8. The zero-order valence-corrected chi connectivity index (χ0v) is 15.7. The summed E-state index contributed by atoms with van der Waals surface area (Å²) in [6, 6.07) is 18.7. The highest BCUT2D eigenvalue weighted by atomic mass is 79.9. The molecule has 0 radical (unpaired) electrons. The van der Waals surface area contributed by atoms with Crippen molar-refractivity contribution in [3.05, 3.63) is 87.8 Å². The number of amides is 1. The number of nitrogens with zero attached hydrogens (tertiary/aromatic N) is 1. The van der Waals surface area contributed by atoms with Gasteiger partial charge in [-0.3, -0.25) is 4.79 Å². The number of hydrazone groups is 1. The fourth-order valence-electron chi connectivity index (χ4n) is 2.23. The van der Waals surface area contributed by atoms with E-state index in [0.717, 1.165) is 15.6 Å². The number of rotatable bonds is 6. The number of furan rings is 1. The standard InChI is InChI=1S/C20H17BrN2O3/c1-14-6-11-19(26-14)20(24)23-22-12-16-4-2-3-5-18(16)25-13-15-7-9-17(21)10-8-15/h2-12H,13H2,1H3,(H,23,24)/b22-12+. The Bertz CT molecular complexity index is 917. The lowest BCUT2D eigenvalue weighted by atomic mass is 10.2. The van der Waals surface area contributed by atoms with Gasteiger partial charge < -0.3 is 9.15 Å². The Morgan fingerprint density at radius 2 is 1.92 bits per heavy atom. The summed E-state index contributed by atoms with van der Waals surface area (Å²) < 4.78 is 12.1. The number of para-hydroxylation sites is 1. The molecule has 1 aromatic heterocycles. The van der Waals surface area contributed by atoms with Gasteiger partial charge >= 0.3 is 5.91 Å². The van der Waals surface area contributed by atoms with Gasteiger partial charge in [0.2, 0.25) is 0 Å². The van der Waals surface area contributed by atoms with Gasteiger partial charge in [-0.1, -0.05) is 40.2 Å². The summed E-state index contributed by atoms with van der Waals surface area (Å²) in [4.78, 5) is 11.9. The van der Waals surface area contributed by atoms with Crippen LogP contribution in [0.4, 0.5) is 0 Å². The van der Waals surface area contributed by atoms with Crippen LogP contribution in [0.2, 0.25) is 0 Å². The van der Waals surface area contributed by atoms with Crippen LogP contribution < -0.4 is 10.2 Å². The molecule has 6 heteroatoms. The molecule has 3 aromatic rings. The molecule has 132 valence electrons. The van der Waals surface area contributed by atoms with Gasteiger partial charge in [-0.2, -0.15) is 5.10 Å². The van der Waals surface area contributed by atoms with Crippen molar-refractivity contribution in [1.29, 1.82) is 0 Å². The molecule has 0 aliphatic heterocycles. The minimum atomic E-state index is -0.400. The van der Waals surface area contributed by atoms with Crippen molar-refractivity contribution >= 4 is 28.1 Å². The van der Waals surface area contributed by atoms with Crippen LogP contribution in [0.25, 0.3) is 0 Å². The number of aryl methyl sites for hydroxylation is 1. The molecular weight excluding hydrogens is 396 g/mol. The van der Waals surface area contributed by atoms with E-state index in [1.807, 2.05) is 48.5 Å². The van der Waals surface area contributed by atoms with Crippen molar-refractivity contribution in [1.82, 2.24) is 5.43 Å². The smallest absolute Gasteiger partial charge is 0.307 e. The van der Waals surface area contributed by atoms with Crippen LogP contribution in [0.1, 0.15) is 27.4 Å². The van der Waals surface area contributed by atoms with E-state index < -0.39 is 5.91 Å². The lowest BCUT2D eigenvalue weighted by molar-refractivity contribution is 0.0926. The van der Waals surface area contributed by atoms with E-state index in [9.17, 15) is 4.79 Å². The van der Waals surface area contributed by atoms with Crippen LogP contribution >= 0.6 is 15.9 Å². The summed E-state index contributed by atoms with van der Waals surface area (Å²) in [5.41, 5.74) is 4.27. The second-order valence-corrected chi connectivity index (χ2v) is 6.48. The molecule has 1 amide bonds. The maximum Gasteiger partial charge on any atom is 0.307 e. The van der Waals surface area contributed by atoms with Gasteiger partial charge in [0.25, 0.3) is 0 Å². The number of nitrogens with one attached hydrogen (secondary N) is 1. The average molecular weight is 413 g/mol. The number of benzene rings is 2. The molecule has 2 aromatic carbocycles. The van der Waals surface area contributed by atoms with Crippen molar-refractivity contribution in [2.75, 3.05) is 0 Å². The molecule has 26 heavy (non-hydrogen) atoms. The molecule has 0 fully saturated rings. The molecular formula is C20H17BrN2O3. The summed E-state index contributed by atoms with van der Waals surface area (Å²) in [6.07, 6.45) is 1.55. The molecule has 0 saturated heterocycles. The van der Waals surface area contributed by atoms with E-state index >= 15 is 0 Å².